The Balaban J connectivity index is 2.28. The first-order chi connectivity index (χ1) is 14.5. The molecule has 30 heavy (non-hydrogen) atoms. The summed E-state index contributed by atoms with van der Waals surface area (Å²) in [5, 5.41) is 3.58. The summed E-state index contributed by atoms with van der Waals surface area (Å²) in [5.41, 5.74) is 1.19. The molecule has 0 aliphatic rings. The molecule has 0 amide bonds. The molecule has 0 spiro atoms. The van der Waals surface area contributed by atoms with Crippen molar-refractivity contribution in [2.45, 2.75) is 77.5 Å². The molecule has 0 heterocycles. The van der Waals surface area contributed by atoms with Gasteiger partial charge in [0, 0.05) is 6.54 Å². The van der Waals surface area contributed by atoms with Crippen LogP contribution in [0.3, 0.4) is 0 Å². The number of carbonyl (C=O) groups is 1. The van der Waals surface area contributed by atoms with E-state index in [0.29, 0.717) is 13.0 Å². The van der Waals surface area contributed by atoms with Crippen molar-refractivity contribution in [1.29, 1.82) is 0 Å². The standard InChI is InChI=1S/C26H37NO3/c1-5-6-7-8-12-19-26(25(28)30-21(2)3,23-13-10-9-11-14-23)27-20-22-15-17-24(29-4)18-16-22/h9-11,13-18,21,27H,5-8,12,19-20H2,1-4H3/t26-/m0/s1. The third-order valence-corrected chi connectivity index (χ3v) is 5.37. The molecule has 0 fully saturated rings. The van der Waals surface area contributed by atoms with Crippen LogP contribution in [0.1, 0.15) is 70.4 Å². The number of hydrogen-bond acceptors (Lipinski definition) is 4. The van der Waals surface area contributed by atoms with Crippen molar-refractivity contribution >= 4 is 5.97 Å². The minimum absolute atomic E-state index is 0.163. The predicted octanol–water partition coefficient (Wildman–Crippen LogP) is 5.99. The van der Waals surface area contributed by atoms with E-state index in [0.717, 1.165) is 29.7 Å². The predicted molar refractivity (Wildman–Crippen MR) is 123 cm³/mol. The van der Waals surface area contributed by atoms with Crippen LogP contribution in [-0.4, -0.2) is 19.2 Å². The Labute approximate surface area is 182 Å². The fraction of sp³-hybridized carbons (Fsp3) is 0.500. The number of ether oxygens (including phenoxy) is 2. The van der Waals surface area contributed by atoms with Crippen molar-refractivity contribution in [3.8, 4) is 5.75 Å². The van der Waals surface area contributed by atoms with Crippen LogP contribution in [0.5, 0.6) is 5.75 Å². The van der Waals surface area contributed by atoms with Crippen molar-refractivity contribution in [2.75, 3.05) is 7.11 Å². The van der Waals surface area contributed by atoms with Crippen molar-refractivity contribution in [1.82, 2.24) is 5.32 Å². The van der Waals surface area contributed by atoms with Gasteiger partial charge in [0.15, 0.2) is 0 Å². The maximum absolute atomic E-state index is 13.4. The van der Waals surface area contributed by atoms with Crippen molar-refractivity contribution < 1.29 is 14.3 Å². The fourth-order valence-corrected chi connectivity index (χ4v) is 3.65. The Kier molecular flexibility index (Phi) is 9.88. The number of benzene rings is 2. The maximum Gasteiger partial charge on any atom is 0.331 e. The van der Waals surface area contributed by atoms with E-state index in [9.17, 15) is 4.79 Å². The Bertz CT molecular complexity index is 743. The first kappa shape index (κ1) is 23.9. The lowest BCUT2D eigenvalue weighted by Gasteiger charge is -2.34. The van der Waals surface area contributed by atoms with Gasteiger partial charge >= 0.3 is 5.97 Å². The molecule has 0 radical (unpaired) electrons. The Morgan fingerprint density at radius 1 is 0.967 bits per heavy atom. The zero-order valence-electron chi connectivity index (χ0n) is 18.9. The van der Waals surface area contributed by atoms with Gasteiger partial charge in [0.1, 0.15) is 11.3 Å². The average molecular weight is 412 g/mol. The van der Waals surface area contributed by atoms with E-state index >= 15 is 0 Å². The summed E-state index contributed by atoms with van der Waals surface area (Å²) in [7, 11) is 1.66. The second kappa shape index (κ2) is 12.4. The van der Waals surface area contributed by atoms with Crippen LogP contribution >= 0.6 is 0 Å². The van der Waals surface area contributed by atoms with E-state index in [1.165, 1.54) is 19.3 Å². The van der Waals surface area contributed by atoms with Gasteiger partial charge in [0.25, 0.3) is 0 Å². The van der Waals surface area contributed by atoms with E-state index in [4.69, 9.17) is 9.47 Å². The summed E-state index contributed by atoms with van der Waals surface area (Å²) >= 11 is 0. The average Bonchev–Trinajstić information content (AvgIpc) is 2.76. The van der Waals surface area contributed by atoms with E-state index in [1.54, 1.807) is 7.11 Å². The van der Waals surface area contributed by atoms with Gasteiger partial charge in [-0.2, -0.15) is 0 Å². The molecule has 0 saturated carbocycles. The SMILES string of the molecule is CCCCCCC[C@@](NCc1ccc(OC)cc1)(C(=O)OC(C)C)c1ccccc1. The van der Waals surface area contributed by atoms with Crippen molar-refractivity contribution in [3.05, 3.63) is 65.7 Å². The van der Waals surface area contributed by atoms with Gasteiger partial charge in [-0.05, 0) is 43.5 Å². The Hall–Kier alpha value is -2.33. The van der Waals surface area contributed by atoms with E-state index < -0.39 is 5.54 Å². The third-order valence-electron chi connectivity index (χ3n) is 5.37. The van der Waals surface area contributed by atoms with Crippen LogP contribution < -0.4 is 10.1 Å². The minimum atomic E-state index is -0.863. The van der Waals surface area contributed by atoms with Crippen molar-refractivity contribution in [2.24, 2.45) is 0 Å². The quantitative estimate of drug-likeness (QED) is 0.325. The number of methoxy groups -OCH3 is 1. The van der Waals surface area contributed by atoms with Gasteiger partial charge in [-0.25, -0.2) is 4.79 Å². The summed E-state index contributed by atoms with van der Waals surface area (Å²) in [4.78, 5) is 13.4. The topological polar surface area (TPSA) is 47.6 Å². The van der Waals surface area contributed by atoms with Crippen molar-refractivity contribution in [3.63, 3.8) is 0 Å². The summed E-state index contributed by atoms with van der Waals surface area (Å²) < 4.78 is 11.0. The third kappa shape index (κ3) is 6.88. The summed E-state index contributed by atoms with van der Waals surface area (Å²) in [6.45, 7) is 6.59. The Morgan fingerprint density at radius 2 is 1.63 bits per heavy atom. The summed E-state index contributed by atoms with van der Waals surface area (Å²) in [6, 6.07) is 17.9. The van der Waals surface area contributed by atoms with Crippen LogP contribution in [0.15, 0.2) is 54.6 Å². The van der Waals surface area contributed by atoms with Crippen LogP contribution in [0.25, 0.3) is 0 Å². The number of hydrogen-bond donors (Lipinski definition) is 1. The van der Waals surface area contributed by atoms with E-state index in [2.05, 4.69) is 12.2 Å². The lowest BCUT2D eigenvalue weighted by Crippen LogP contribution is -2.50. The number of unbranched alkanes of at least 4 members (excludes halogenated alkanes) is 4. The zero-order valence-corrected chi connectivity index (χ0v) is 18.9. The molecule has 2 rings (SSSR count). The lowest BCUT2D eigenvalue weighted by atomic mass is 9.84. The molecule has 4 heteroatoms. The fourth-order valence-electron chi connectivity index (χ4n) is 3.65. The van der Waals surface area contributed by atoms with Gasteiger partial charge in [-0.3, -0.25) is 5.32 Å². The molecule has 0 aliphatic carbocycles. The summed E-state index contributed by atoms with van der Waals surface area (Å²) in [5.74, 6) is 0.621. The van der Waals surface area contributed by atoms with E-state index in [1.807, 2.05) is 68.4 Å². The molecule has 0 aliphatic heterocycles. The number of rotatable bonds is 13. The molecule has 4 nitrogen and oxygen atoms in total. The second-order valence-electron chi connectivity index (χ2n) is 8.09. The molecular weight excluding hydrogens is 374 g/mol. The molecular formula is C26H37NO3. The molecule has 164 valence electrons. The highest BCUT2D eigenvalue weighted by atomic mass is 16.5. The maximum atomic E-state index is 13.4. The molecule has 1 N–H and O–H groups in total. The second-order valence-corrected chi connectivity index (χ2v) is 8.09. The molecule has 2 aromatic carbocycles. The van der Waals surface area contributed by atoms with Gasteiger partial charge in [-0.1, -0.05) is 81.5 Å². The number of esters is 1. The first-order valence-electron chi connectivity index (χ1n) is 11.2. The number of nitrogens with one attached hydrogen (secondary N) is 1. The molecule has 0 saturated heterocycles. The summed E-state index contributed by atoms with van der Waals surface area (Å²) in [6.07, 6.45) is 6.26. The molecule has 0 unspecified atom stereocenters. The first-order valence-corrected chi connectivity index (χ1v) is 11.2. The van der Waals surface area contributed by atoms with Crippen LogP contribution in [0, 0.1) is 0 Å². The molecule has 2 aromatic rings. The van der Waals surface area contributed by atoms with Gasteiger partial charge < -0.3 is 9.47 Å². The minimum Gasteiger partial charge on any atom is -0.497 e. The Morgan fingerprint density at radius 3 is 2.23 bits per heavy atom. The highest BCUT2D eigenvalue weighted by Gasteiger charge is 2.41. The highest BCUT2D eigenvalue weighted by Crippen LogP contribution is 2.31. The van der Waals surface area contributed by atoms with Crippen LogP contribution in [0.4, 0.5) is 0 Å². The van der Waals surface area contributed by atoms with Crippen LogP contribution in [0.2, 0.25) is 0 Å². The lowest BCUT2D eigenvalue weighted by molar-refractivity contribution is -0.157. The normalized spacial score (nSPS) is 13.1. The van der Waals surface area contributed by atoms with Gasteiger partial charge in [0.2, 0.25) is 0 Å². The van der Waals surface area contributed by atoms with Gasteiger partial charge in [0.05, 0.1) is 13.2 Å². The highest BCUT2D eigenvalue weighted by molar-refractivity contribution is 5.83. The van der Waals surface area contributed by atoms with E-state index in [-0.39, 0.29) is 12.1 Å². The van der Waals surface area contributed by atoms with Gasteiger partial charge in [-0.15, -0.1) is 0 Å². The zero-order chi connectivity index (χ0) is 21.8. The smallest absolute Gasteiger partial charge is 0.331 e. The number of carbonyl (C=O) groups excluding carboxylic acids is 1. The molecule has 1 atom stereocenters. The molecule has 0 aromatic heterocycles. The van der Waals surface area contributed by atoms with Crippen LogP contribution in [-0.2, 0) is 21.6 Å². The monoisotopic (exact) mass is 411 g/mol. The molecule has 0 bridgehead atoms. The largest absolute Gasteiger partial charge is 0.497 e.